The zero-order chi connectivity index (χ0) is 17.0. The molecule has 1 aromatic rings. The standard InChI is InChI=1S/C16H18F3NO3/c17-16(18,19)13-2-1-9-20(10-13)14(21)8-5-11-3-6-12(7-4-11)15(22)23/h3-4,6-7,13H,1-2,5,8-10H2,(H,22,23)/t13-/m1/s1. The summed E-state index contributed by atoms with van der Waals surface area (Å²) in [4.78, 5) is 24.1. The minimum Gasteiger partial charge on any atom is -0.478 e. The second-order valence-electron chi connectivity index (χ2n) is 5.72. The summed E-state index contributed by atoms with van der Waals surface area (Å²) in [5.74, 6) is -2.75. The van der Waals surface area contributed by atoms with Crippen molar-refractivity contribution in [1.82, 2.24) is 4.90 Å². The summed E-state index contributed by atoms with van der Waals surface area (Å²) in [6, 6.07) is 6.13. The van der Waals surface area contributed by atoms with Gasteiger partial charge in [0.15, 0.2) is 0 Å². The minimum atomic E-state index is -4.26. The molecule has 126 valence electrons. The third-order valence-corrected chi connectivity index (χ3v) is 4.07. The van der Waals surface area contributed by atoms with Crippen molar-refractivity contribution in [2.75, 3.05) is 13.1 Å². The number of carboxylic acid groups (broad SMARTS) is 1. The normalized spacial score (nSPS) is 18.7. The molecule has 1 amide bonds. The summed E-state index contributed by atoms with van der Waals surface area (Å²) in [5, 5.41) is 8.80. The lowest BCUT2D eigenvalue weighted by molar-refractivity contribution is -0.188. The molecular formula is C16H18F3NO3. The average molecular weight is 329 g/mol. The third kappa shape index (κ3) is 4.71. The van der Waals surface area contributed by atoms with Crippen molar-refractivity contribution >= 4 is 11.9 Å². The summed E-state index contributed by atoms with van der Waals surface area (Å²) >= 11 is 0. The van der Waals surface area contributed by atoms with Crippen LogP contribution < -0.4 is 0 Å². The number of piperidine rings is 1. The number of rotatable bonds is 4. The van der Waals surface area contributed by atoms with Crippen molar-refractivity contribution in [3.8, 4) is 0 Å². The number of hydrogen-bond donors (Lipinski definition) is 1. The van der Waals surface area contributed by atoms with Crippen LogP contribution in [0.5, 0.6) is 0 Å². The largest absolute Gasteiger partial charge is 0.478 e. The summed E-state index contributed by atoms with van der Waals surface area (Å²) in [6.07, 6.45) is -3.32. The molecule has 1 fully saturated rings. The van der Waals surface area contributed by atoms with Gasteiger partial charge in [-0.25, -0.2) is 4.79 Å². The van der Waals surface area contributed by atoms with Crippen LogP contribution in [0.1, 0.15) is 35.2 Å². The van der Waals surface area contributed by atoms with E-state index in [-0.39, 0.29) is 30.9 Å². The van der Waals surface area contributed by atoms with Crippen molar-refractivity contribution in [2.24, 2.45) is 5.92 Å². The molecule has 0 aromatic heterocycles. The predicted molar refractivity (Wildman–Crippen MR) is 77.1 cm³/mol. The molecule has 1 saturated heterocycles. The van der Waals surface area contributed by atoms with Crippen molar-refractivity contribution in [3.63, 3.8) is 0 Å². The first kappa shape index (κ1) is 17.3. The van der Waals surface area contributed by atoms with Gasteiger partial charge in [-0.2, -0.15) is 13.2 Å². The van der Waals surface area contributed by atoms with E-state index in [1.807, 2.05) is 0 Å². The van der Waals surface area contributed by atoms with Gasteiger partial charge in [0.25, 0.3) is 0 Å². The highest BCUT2D eigenvalue weighted by atomic mass is 19.4. The number of aromatic carboxylic acids is 1. The second-order valence-corrected chi connectivity index (χ2v) is 5.72. The van der Waals surface area contributed by atoms with Gasteiger partial charge in [0, 0.05) is 19.5 Å². The number of amides is 1. The van der Waals surface area contributed by atoms with Gasteiger partial charge in [0.2, 0.25) is 5.91 Å². The number of likely N-dealkylation sites (tertiary alicyclic amines) is 1. The fourth-order valence-electron chi connectivity index (χ4n) is 2.69. The van der Waals surface area contributed by atoms with Crippen molar-refractivity contribution in [3.05, 3.63) is 35.4 Å². The number of hydrogen-bond acceptors (Lipinski definition) is 2. The average Bonchev–Trinajstić information content (AvgIpc) is 2.52. The molecule has 4 nitrogen and oxygen atoms in total. The Balaban J connectivity index is 1.88. The molecule has 0 spiro atoms. The first-order valence-corrected chi connectivity index (χ1v) is 7.44. The molecule has 0 aliphatic carbocycles. The van der Waals surface area contributed by atoms with Gasteiger partial charge >= 0.3 is 12.1 Å². The maximum atomic E-state index is 12.7. The molecule has 0 radical (unpaired) electrons. The Bertz CT molecular complexity index is 569. The van der Waals surface area contributed by atoms with E-state index >= 15 is 0 Å². The molecule has 1 heterocycles. The van der Waals surface area contributed by atoms with Crippen molar-refractivity contribution in [1.29, 1.82) is 0 Å². The molecule has 0 saturated carbocycles. The molecular weight excluding hydrogens is 311 g/mol. The highest BCUT2D eigenvalue weighted by molar-refractivity contribution is 5.87. The van der Waals surface area contributed by atoms with Crippen LogP contribution in [-0.2, 0) is 11.2 Å². The lowest BCUT2D eigenvalue weighted by atomic mass is 9.97. The maximum absolute atomic E-state index is 12.7. The number of carbonyl (C=O) groups is 2. The number of nitrogens with zero attached hydrogens (tertiary/aromatic N) is 1. The van der Waals surface area contributed by atoms with Crippen LogP contribution in [-0.4, -0.2) is 41.1 Å². The fraction of sp³-hybridized carbons (Fsp3) is 0.500. The molecule has 1 N–H and O–H groups in total. The van der Waals surface area contributed by atoms with Gasteiger partial charge in [-0.3, -0.25) is 4.79 Å². The van der Waals surface area contributed by atoms with E-state index in [2.05, 4.69) is 0 Å². The maximum Gasteiger partial charge on any atom is 0.393 e. The van der Waals surface area contributed by atoms with Gasteiger partial charge in [0.05, 0.1) is 11.5 Å². The lowest BCUT2D eigenvalue weighted by Gasteiger charge is -2.33. The molecule has 7 heteroatoms. The van der Waals surface area contributed by atoms with Crippen molar-refractivity contribution < 1.29 is 27.9 Å². The van der Waals surface area contributed by atoms with Crippen LogP contribution in [0.4, 0.5) is 13.2 Å². The Labute approximate surface area is 131 Å². The summed E-state index contributed by atoms with van der Waals surface area (Å²) in [7, 11) is 0. The highest BCUT2D eigenvalue weighted by Crippen LogP contribution is 2.33. The minimum absolute atomic E-state index is 0.0733. The van der Waals surface area contributed by atoms with E-state index < -0.39 is 18.1 Å². The molecule has 0 unspecified atom stereocenters. The number of aryl methyl sites for hydroxylation is 1. The Kier molecular flexibility index (Phi) is 5.28. The van der Waals surface area contributed by atoms with E-state index in [0.717, 1.165) is 5.56 Å². The van der Waals surface area contributed by atoms with Crippen LogP contribution in [0.25, 0.3) is 0 Å². The Morgan fingerprint density at radius 3 is 2.43 bits per heavy atom. The van der Waals surface area contributed by atoms with E-state index in [0.29, 0.717) is 19.4 Å². The Hall–Kier alpha value is -2.05. The van der Waals surface area contributed by atoms with E-state index in [1.54, 1.807) is 12.1 Å². The van der Waals surface area contributed by atoms with Crippen LogP contribution in [0.2, 0.25) is 0 Å². The number of carboxylic acids is 1. The molecule has 1 aliphatic rings. The van der Waals surface area contributed by atoms with E-state index in [4.69, 9.17) is 5.11 Å². The molecule has 1 aliphatic heterocycles. The SMILES string of the molecule is O=C(O)c1ccc(CCC(=O)N2CCC[C@@H](C(F)(F)F)C2)cc1. The lowest BCUT2D eigenvalue weighted by Crippen LogP contribution is -2.44. The van der Waals surface area contributed by atoms with Crippen LogP contribution in [0.15, 0.2) is 24.3 Å². The molecule has 0 bridgehead atoms. The third-order valence-electron chi connectivity index (χ3n) is 4.07. The monoisotopic (exact) mass is 329 g/mol. The molecule has 1 atom stereocenters. The van der Waals surface area contributed by atoms with Crippen LogP contribution in [0, 0.1) is 5.92 Å². The molecule has 1 aromatic carbocycles. The van der Waals surface area contributed by atoms with Gasteiger partial charge in [0.1, 0.15) is 0 Å². The summed E-state index contributed by atoms with van der Waals surface area (Å²) in [5.41, 5.74) is 0.942. The smallest absolute Gasteiger partial charge is 0.393 e. The number of alkyl halides is 3. The van der Waals surface area contributed by atoms with Gasteiger partial charge in [-0.05, 0) is 37.0 Å². The zero-order valence-electron chi connectivity index (χ0n) is 12.5. The second kappa shape index (κ2) is 7.02. The fourth-order valence-corrected chi connectivity index (χ4v) is 2.69. The summed E-state index contributed by atoms with van der Waals surface area (Å²) in [6.45, 7) is 0.101. The van der Waals surface area contributed by atoms with Gasteiger partial charge < -0.3 is 10.0 Å². The Morgan fingerprint density at radius 1 is 1.22 bits per heavy atom. The van der Waals surface area contributed by atoms with Gasteiger partial charge in [-0.15, -0.1) is 0 Å². The van der Waals surface area contributed by atoms with Crippen molar-refractivity contribution in [2.45, 2.75) is 31.9 Å². The summed E-state index contributed by atoms with van der Waals surface area (Å²) < 4.78 is 38.2. The Morgan fingerprint density at radius 2 is 1.87 bits per heavy atom. The number of benzene rings is 1. The predicted octanol–water partition coefficient (Wildman–Crippen LogP) is 3.12. The van der Waals surface area contributed by atoms with Gasteiger partial charge in [-0.1, -0.05) is 12.1 Å². The molecule has 23 heavy (non-hydrogen) atoms. The highest BCUT2D eigenvalue weighted by Gasteiger charge is 2.42. The quantitative estimate of drug-likeness (QED) is 0.923. The topological polar surface area (TPSA) is 57.6 Å². The van der Waals surface area contributed by atoms with Crippen LogP contribution in [0.3, 0.4) is 0 Å². The van der Waals surface area contributed by atoms with E-state index in [1.165, 1.54) is 17.0 Å². The van der Waals surface area contributed by atoms with Crippen LogP contribution >= 0.6 is 0 Å². The van der Waals surface area contributed by atoms with E-state index in [9.17, 15) is 22.8 Å². The first-order chi connectivity index (χ1) is 10.8. The zero-order valence-corrected chi connectivity index (χ0v) is 12.5. The first-order valence-electron chi connectivity index (χ1n) is 7.44. The number of halogens is 3. The number of carbonyl (C=O) groups excluding carboxylic acids is 1. The molecule has 2 rings (SSSR count).